The average molecular weight is 173 g/mol. The van der Waals surface area contributed by atoms with E-state index in [4.69, 9.17) is 9.47 Å². The van der Waals surface area contributed by atoms with Gasteiger partial charge in [0.1, 0.15) is 6.10 Å². The van der Waals surface area contributed by atoms with Gasteiger partial charge in [0.15, 0.2) is 0 Å². The summed E-state index contributed by atoms with van der Waals surface area (Å²) in [5, 5.41) is 0.0208. The summed E-state index contributed by atoms with van der Waals surface area (Å²) in [4.78, 5) is 0. The highest BCUT2D eigenvalue weighted by atomic mass is 28.1. The van der Waals surface area contributed by atoms with Crippen LogP contribution in [0, 0.1) is 6.10 Å². The van der Waals surface area contributed by atoms with Crippen molar-refractivity contribution in [2.75, 3.05) is 13.7 Å². The van der Waals surface area contributed by atoms with Gasteiger partial charge in [-0.05, 0) is 26.2 Å². The van der Waals surface area contributed by atoms with Crippen LogP contribution in [-0.4, -0.2) is 29.2 Å². The molecule has 0 aliphatic carbocycles. The van der Waals surface area contributed by atoms with Crippen molar-refractivity contribution in [2.45, 2.75) is 31.4 Å². The Kier molecular flexibility index (Phi) is 3.10. The number of hydrogen-bond donors (Lipinski definition) is 0. The molecule has 1 unspecified atom stereocenters. The van der Waals surface area contributed by atoms with Crippen LogP contribution in [-0.2, 0) is 9.47 Å². The highest BCUT2D eigenvalue weighted by Crippen LogP contribution is 2.30. The second-order valence-electron chi connectivity index (χ2n) is 3.30. The fourth-order valence-electron chi connectivity index (χ4n) is 1.43. The van der Waals surface area contributed by atoms with Crippen molar-refractivity contribution < 1.29 is 9.47 Å². The Balaban J connectivity index is 2.49. The molecule has 0 aromatic rings. The van der Waals surface area contributed by atoms with Gasteiger partial charge in [-0.3, -0.25) is 0 Å². The SMILES string of the molecule is CO[C](C)C1([SiH3])CCCCO1. The molecule has 0 aromatic heterocycles. The Morgan fingerprint density at radius 2 is 2.27 bits per heavy atom. The van der Waals surface area contributed by atoms with Gasteiger partial charge in [0, 0.05) is 24.0 Å². The Labute approximate surface area is 71.7 Å². The summed E-state index contributed by atoms with van der Waals surface area (Å²) in [7, 11) is 2.77. The standard InChI is InChI=1S/C8H17O2Si/c1-7(9-2)8(11)5-3-4-6-10-8/h3-6H2,1-2,11H3. The molecule has 1 atom stereocenters. The van der Waals surface area contributed by atoms with Crippen LogP contribution >= 0.6 is 0 Å². The van der Waals surface area contributed by atoms with Gasteiger partial charge in [0.2, 0.25) is 0 Å². The molecule has 1 radical (unpaired) electrons. The van der Waals surface area contributed by atoms with Gasteiger partial charge in [-0.2, -0.15) is 0 Å². The maximum Gasteiger partial charge on any atom is 0.121 e. The highest BCUT2D eigenvalue weighted by Gasteiger charge is 2.34. The molecule has 0 spiro atoms. The molecule has 1 aliphatic rings. The molecule has 1 aliphatic heterocycles. The van der Waals surface area contributed by atoms with Crippen molar-refractivity contribution in [3.63, 3.8) is 0 Å². The fourth-order valence-corrected chi connectivity index (χ4v) is 2.19. The topological polar surface area (TPSA) is 18.5 Å². The monoisotopic (exact) mass is 173 g/mol. The van der Waals surface area contributed by atoms with Gasteiger partial charge in [-0.1, -0.05) is 0 Å². The van der Waals surface area contributed by atoms with Crippen molar-refractivity contribution in [1.29, 1.82) is 0 Å². The highest BCUT2D eigenvalue weighted by molar-refractivity contribution is 6.16. The molecular formula is C8H17O2Si. The zero-order chi connectivity index (χ0) is 8.32. The normalized spacial score (nSPS) is 33.0. The average Bonchev–Trinajstić information content (AvgIpc) is 2.04. The number of ether oxygens (including phenoxy) is 2. The van der Waals surface area contributed by atoms with Crippen molar-refractivity contribution >= 4 is 10.2 Å². The van der Waals surface area contributed by atoms with Crippen molar-refractivity contribution in [2.24, 2.45) is 0 Å². The van der Waals surface area contributed by atoms with E-state index in [-0.39, 0.29) is 5.22 Å². The van der Waals surface area contributed by atoms with Crippen LogP contribution in [0.1, 0.15) is 26.2 Å². The quantitative estimate of drug-likeness (QED) is 0.564. The molecule has 0 bridgehead atoms. The van der Waals surface area contributed by atoms with Gasteiger partial charge >= 0.3 is 0 Å². The first-order valence-electron chi connectivity index (χ1n) is 4.21. The predicted octanol–water partition coefficient (Wildman–Crippen LogP) is 0.447. The van der Waals surface area contributed by atoms with Crippen LogP contribution in [0.2, 0.25) is 0 Å². The summed E-state index contributed by atoms with van der Waals surface area (Å²) in [6.07, 6.45) is 4.70. The van der Waals surface area contributed by atoms with Crippen molar-refractivity contribution in [3.05, 3.63) is 6.10 Å². The first kappa shape index (κ1) is 9.23. The van der Waals surface area contributed by atoms with E-state index >= 15 is 0 Å². The summed E-state index contributed by atoms with van der Waals surface area (Å²) in [5.74, 6) is 0. The maximum absolute atomic E-state index is 5.72. The van der Waals surface area contributed by atoms with Crippen LogP contribution < -0.4 is 0 Å². The molecule has 11 heavy (non-hydrogen) atoms. The van der Waals surface area contributed by atoms with E-state index in [9.17, 15) is 0 Å². The summed E-state index contributed by atoms with van der Waals surface area (Å²) < 4.78 is 10.9. The predicted molar refractivity (Wildman–Crippen MR) is 48.4 cm³/mol. The Morgan fingerprint density at radius 3 is 2.73 bits per heavy atom. The smallest absolute Gasteiger partial charge is 0.121 e. The minimum atomic E-state index is 0.0208. The number of rotatable bonds is 2. The van der Waals surface area contributed by atoms with E-state index < -0.39 is 0 Å². The van der Waals surface area contributed by atoms with E-state index in [1.807, 2.05) is 6.92 Å². The van der Waals surface area contributed by atoms with E-state index in [0.29, 0.717) is 0 Å². The molecule has 1 fully saturated rings. The van der Waals surface area contributed by atoms with Crippen LogP contribution in [0.5, 0.6) is 0 Å². The first-order valence-corrected chi connectivity index (χ1v) is 5.21. The van der Waals surface area contributed by atoms with E-state index in [0.717, 1.165) is 29.4 Å². The van der Waals surface area contributed by atoms with Crippen molar-refractivity contribution in [1.82, 2.24) is 0 Å². The second-order valence-corrected chi connectivity index (χ2v) is 4.91. The largest absolute Gasteiger partial charge is 0.376 e. The lowest BCUT2D eigenvalue weighted by Crippen LogP contribution is -2.42. The van der Waals surface area contributed by atoms with E-state index in [1.54, 1.807) is 7.11 Å². The fraction of sp³-hybridized carbons (Fsp3) is 0.875. The third kappa shape index (κ3) is 2.04. The summed E-state index contributed by atoms with van der Waals surface area (Å²) in [6, 6.07) is 0. The van der Waals surface area contributed by atoms with E-state index in [2.05, 4.69) is 0 Å². The number of methoxy groups -OCH3 is 1. The van der Waals surface area contributed by atoms with Crippen LogP contribution in [0.3, 0.4) is 0 Å². The van der Waals surface area contributed by atoms with E-state index in [1.165, 1.54) is 12.8 Å². The first-order chi connectivity index (χ1) is 5.19. The van der Waals surface area contributed by atoms with Crippen LogP contribution in [0.15, 0.2) is 0 Å². The maximum atomic E-state index is 5.72. The second kappa shape index (κ2) is 3.69. The van der Waals surface area contributed by atoms with Gasteiger partial charge in [-0.15, -0.1) is 0 Å². The van der Waals surface area contributed by atoms with Gasteiger partial charge in [0.25, 0.3) is 0 Å². The molecule has 1 saturated heterocycles. The van der Waals surface area contributed by atoms with Gasteiger partial charge in [0.05, 0.1) is 5.22 Å². The Hall–Kier alpha value is 0.137. The van der Waals surface area contributed by atoms with Gasteiger partial charge in [-0.25, -0.2) is 0 Å². The lowest BCUT2D eigenvalue weighted by atomic mass is 10.0. The zero-order valence-corrected chi connectivity index (χ0v) is 9.64. The molecule has 1 heterocycles. The molecule has 1 rings (SSSR count). The molecule has 2 nitrogen and oxygen atoms in total. The lowest BCUT2D eigenvalue weighted by Gasteiger charge is -2.37. The third-order valence-corrected chi connectivity index (χ3v) is 4.01. The Bertz CT molecular complexity index is 121. The Morgan fingerprint density at radius 1 is 1.55 bits per heavy atom. The summed E-state index contributed by atoms with van der Waals surface area (Å²) >= 11 is 0. The minimum Gasteiger partial charge on any atom is -0.376 e. The lowest BCUT2D eigenvalue weighted by molar-refractivity contribution is -0.0524. The number of hydrogen-bond acceptors (Lipinski definition) is 2. The van der Waals surface area contributed by atoms with Crippen molar-refractivity contribution in [3.8, 4) is 0 Å². The molecule has 65 valence electrons. The summed E-state index contributed by atoms with van der Waals surface area (Å²) in [5.41, 5.74) is 0. The molecular weight excluding hydrogens is 156 g/mol. The molecule has 0 N–H and O–H groups in total. The molecule has 3 heteroatoms. The summed E-state index contributed by atoms with van der Waals surface area (Å²) in [6.45, 7) is 2.93. The van der Waals surface area contributed by atoms with Crippen LogP contribution in [0.4, 0.5) is 0 Å². The zero-order valence-electron chi connectivity index (χ0n) is 7.64. The third-order valence-electron chi connectivity index (χ3n) is 2.52. The van der Waals surface area contributed by atoms with Crippen LogP contribution in [0.25, 0.3) is 0 Å². The molecule has 0 aromatic carbocycles. The molecule has 0 amide bonds. The minimum absolute atomic E-state index is 0.0208. The van der Waals surface area contributed by atoms with Gasteiger partial charge < -0.3 is 9.47 Å². The molecule has 0 saturated carbocycles.